The van der Waals surface area contributed by atoms with Crippen molar-refractivity contribution in [1.82, 2.24) is 19.9 Å². The fourth-order valence-electron chi connectivity index (χ4n) is 2.52. The summed E-state index contributed by atoms with van der Waals surface area (Å²) in [5.74, 6) is 1.70. The molecule has 0 fully saturated rings. The number of aliphatic hydroxyl groups is 1. The van der Waals surface area contributed by atoms with Crippen LogP contribution in [0.15, 0.2) is 42.6 Å². The van der Waals surface area contributed by atoms with Crippen molar-refractivity contribution in [3.8, 4) is 11.5 Å². The molecule has 3 heterocycles. The van der Waals surface area contributed by atoms with Crippen LogP contribution in [0.5, 0.6) is 0 Å². The summed E-state index contributed by atoms with van der Waals surface area (Å²) in [6.07, 6.45) is 1.64. The monoisotopic (exact) mass is 398 g/mol. The minimum Gasteiger partial charge on any atom is -0.384 e. The number of hydrogen-bond donors (Lipinski definition) is 3. The lowest BCUT2D eigenvalue weighted by Gasteiger charge is -2.18. The molecule has 0 spiro atoms. The molecule has 0 radical (unpaired) electrons. The van der Waals surface area contributed by atoms with Gasteiger partial charge in [0.15, 0.2) is 5.82 Å². The highest BCUT2D eigenvalue weighted by Gasteiger charge is 2.18. The second-order valence-electron chi connectivity index (χ2n) is 7.22. The van der Waals surface area contributed by atoms with Gasteiger partial charge in [-0.1, -0.05) is 17.7 Å². The van der Waals surface area contributed by atoms with Crippen molar-refractivity contribution in [2.75, 3.05) is 10.6 Å². The van der Waals surface area contributed by atoms with Crippen LogP contribution in [-0.2, 0) is 5.60 Å². The van der Waals surface area contributed by atoms with E-state index in [1.54, 1.807) is 32.2 Å². The zero-order valence-electron chi connectivity index (χ0n) is 16.2. The zero-order valence-corrected chi connectivity index (χ0v) is 17.0. The van der Waals surface area contributed by atoms with E-state index < -0.39 is 5.60 Å². The molecule has 0 atom stereocenters. The van der Waals surface area contributed by atoms with Gasteiger partial charge in [0.05, 0.1) is 5.69 Å². The molecule has 0 saturated heterocycles. The van der Waals surface area contributed by atoms with Gasteiger partial charge in [0.25, 0.3) is 0 Å². The summed E-state index contributed by atoms with van der Waals surface area (Å²) in [6.45, 7) is 7.45. The van der Waals surface area contributed by atoms with Gasteiger partial charge in [0.2, 0.25) is 0 Å². The Morgan fingerprint density at radius 2 is 1.79 bits per heavy atom. The molecule has 28 heavy (non-hydrogen) atoms. The lowest BCUT2D eigenvalue weighted by atomic mass is 10.0. The molecule has 0 aromatic carbocycles. The first-order chi connectivity index (χ1) is 13.2. The first-order valence-electron chi connectivity index (χ1n) is 8.95. The van der Waals surface area contributed by atoms with Gasteiger partial charge in [-0.25, -0.2) is 15.0 Å². The second-order valence-corrected chi connectivity index (χ2v) is 7.61. The van der Waals surface area contributed by atoms with E-state index in [0.29, 0.717) is 34.0 Å². The van der Waals surface area contributed by atoms with Crippen LogP contribution in [0.1, 0.15) is 33.4 Å². The van der Waals surface area contributed by atoms with Crippen LogP contribution < -0.4 is 10.6 Å². The summed E-state index contributed by atoms with van der Waals surface area (Å²) in [7, 11) is 0. The molecule has 0 unspecified atom stereocenters. The summed E-state index contributed by atoms with van der Waals surface area (Å²) >= 11 is 6.02. The number of aromatic nitrogens is 4. The van der Waals surface area contributed by atoms with E-state index >= 15 is 0 Å². The minimum absolute atomic E-state index is 0.200. The molecule has 3 N–H and O–H groups in total. The van der Waals surface area contributed by atoms with Crippen molar-refractivity contribution >= 4 is 28.9 Å². The number of anilines is 3. The Kier molecular flexibility index (Phi) is 5.76. The van der Waals surface area contributed by atoms with Gasteiger partial charge < -0.3 is 15.7 Å². The minimum atomic E-state index is -1.04. The first-order valence-corrected chi connectivity index (χ1v) is 9.33. The van der Waals surface area contributed by atoms with Gasteiger partial charge in [-0.2, -0.15) is 0 Å². The average Bonchev–Trinajstić information content (AvgIpc) is 2.60. The third-order valence-corrected chi connectivity index (χ3v) is 3.98. The molecule has 0 aliphatic heterocycles. The van der Waals surface area contributed by atoms with Gasteiger partial charge in [-0.15, -0.1) is 0 Å². The number of halogens is 1. The number of nitrogens with zero attached hydrogens (tertiary/aromatic N) is 4. The van der Waals surface area contributed by atoms with Crippen LogP contribution in [0.3, 0.4) is 0 Å². The van der Waals surface area contributed by atoms with Gasteiger partial charge in [-0.3, -0.25) is 4.98 Å². The number of nitrogens with one attached hydrogen (secondary N) is 2. The highest BCUT2D eigenvalue weighted by atomic mass is 35.5. The van der Waals surface area contributed by atoms with Gasteiger partial charge in [-0.05, 0) is 52.0 Å². The van der Waals surface area contributed by atoms with Gasteiger partial charge in [0.1, 0.15) is 28.1 Å². The van der Waals surface area contributed by atoms with Crippen molar-refractivity contribution in [2.24, 2.45) is 0 Å². The fourth-order valence-corrected chi connectivity index (χ4v) is 2.68. The SMILES string of the molecule is CC(C)Nc1cc(Nc2ccnc(C(C)(C)O)c2)nc(-c2cccc(Cl)n2)n1. The molecule has 0 bridgehead atoms. The highest BCUT2D eigenvalue weighted by molar-refractivity contribution is 6.29. The Hall–Kier alpha value is -2.77. The summed E-state index contributed by atoms with van der Waals surface area (Å²) in [5, 5.41) is 17.1. The molecular formula is C20H23ClN6O. The van der Waals surface area contributed by atoms with Crippen LogP contribution in [0.25, 0.3) is 11.5 Å². The summed E-state index contributed by atoms with van der Waals surface area (Å²) in [4.78, 5) is 17.6. The number of hydrogen-bond acceptors (Lipinski definition) is 7. The molecule has 0 aliphatic rings. The molecule has 0 saturated carbocycles. The standard InChI is InChI=1S/C20H23ClN6O/c1-12(2)23-17-11-18(24-13-8-9-22-15(10-13)20(3,4)28)27-19(26-17)14-6-5-7-16(21)25-14/h5-12,28H,1-4H3,(H2,22,23,24,26,27). The predicted octanol–water partition coefficient (Wildman–Crippen LogP) is 4.38. The van der Waals surface area contributed by atoms with Gasteiger partial charge in [0, 0.05) is 24.0 Å². The smallest absolute Gasteiger partial charge is 0.182 e. The fraction of sp³-hybridized carbons (Fsp3) is 0.300. The molecule has 3 aromatic heterocycles. The maximum absolute atomic E-state index is 10.2. The van der Waals surface area contributed by atoms with E-state index in [1.165, 1.54) is 0 Å². The quantitative estimate of drug-likeness (QED) is 0.530. The van der Waals surface area contributed by atoms with Crippen LogP contribution in [0.2, 0.25) is 5.15 Å². The Morgan fingerprint density at radius 3 is 2.46 bits per heavy atom. The second kappa shape index (κ2) is 8.08. The Balaban J connectivity index is 1.99. The van der Waals surface area contributed by atoms with E-state index in [-0.39, 0.29) is 6.04 Å². The lowest BCUT2D eigenvalue weighted by Crippen LogP contribution is -2.17. The lowest BCUT2D eigenvalue weighted by molar-refractivity contribution is 0.0739. The molecule has 0 amide bonds. The molecule has 146 valence electrons. The highest BCUT2D eigenvalue weighted by Crippen LogP contribution is 2.25. The van der Waals surface area contributed by atoms with Crippen LogP contribution in [0.4, 0.5) is 17.3 Å². The molecule has 7 nitrogen and oxygen atoms in total. The largest absolute Gasteiger partial charge is 0.384 e. The average molecular weight is 399 g/mol. The third kappa shape index (κ3) is 5.15. The molecule has 8 heteroatoms. The summed E-state index contributed by atoms with van der Waals surface area (Å²) < 4.78 is 0. The summed E-state index contributed by atoms with van der Waals surface area (Å²) in [5.41, 5.74) is 0.855. The van der Waals surface area contributed by atoms with E-state index in [4.69, 9.17) is 11.6 Å². The van der Waals surface area contributed by atoms with Crippen molar-refractivity contribution in [2.45, 2.75) is 39.3 Å². The molecular weight excluding hydrogens is 376 g/mol. The molecule has 0 aliphatic carbocycles. The van der Waals surface area contributed by atoms with E-state index in [9.17, 15) is 5.11 Å². The maximum Gasteiger partial charge on any atom is 0.182 e. The Labute approximate surface area is 169 Å². The van der Waals surface area contributed by atoms with E-state index in [0.717, 1.165) is 5.69 Å². The molecule has 3 rings (SSSR count). The Morgan fingerprint density at radius 1 is 1.04 bits per heavy atom. The topological polar surface area (TPSA) is 95.9 Å². The number of rotatable bonds is 6. The third-order valence-electron chi connectivity index (χ3n) is 3.77. The maximum atomic E-state index is 10.2. The van der Waals surface area contributed by atoms with Crippen molar-refractivity contribution in [3.63, 3.8) is 0 Å². The first kappa shape index (κ1) is 20.0. The van der Waals surface area contributed by atoms with E-state index in [1.807, 2.05) is 38.1 Å². The normalized spacial score (nSPS) is 11.5. The predicted molar refractivity (Wildman–Crippen MR) is 112 cm³/mol. The summed E-state index contributed by atoms with van der Waals surface area (Å²) in [6, 6.07) is 10.9. The van der Waals surface area contributed by atoms with Crippen molar-refractivity contribution < 1.29 is 5.11 Å². The van der Waals surface area contributed by atoms with Crippen LogP contribution >= 0.6 is 11.6 Å². The van der Waals surface area contributed by atoms with Crippen LogP contribution in [-0.4, -0.2) is 31.1 Å². The van der Waals surface area contributed by atoms with Crippen LogP contribution in [0, 0.1) is 0 Å². The molecule has 3 aromatic rings. The van der Waals surface area contributed by atoms with Crippen molar-refractivity contribution in [1.29, 1.82) is 0 Å². The van der Waals surface area contributed by atoms with E-state index in [2.05, 4.69) is 30.6 Å². The zero-order chi connectivity index (χ0) is 20.3. The van der Waals surface area contributed by atoms with Gasteiger partial charge >= 0.3 is 0 Å². The Bertz CT molecular complexity index is 971. The number of pyridine rings is 2. The van der Waals surface area contributed by atoms with Crippen molar-refractivity contribution in [3.05, 3.63) is 53.4 Å².